The quantitative estimate of drug-likeness (QED) is 0.347. The van der Waals surface area contributed by atoms with Crippen molar-refractivity contribution in [1.29, 1.82) is 5.41 Å². The molecule has 0 fully saturated rings. The number of methoxy groups -OCH3 is 1. The van der Waals surface area contributed by atoms with Gasteiger partial charge in [-0.15, -0.1) is 0 Å². The van der Waals surface area contributed by atoms with Crippen molar-refractivity contribution in [2.45, 2.75) is 25.4 Å². The summed E-state index contributed by atoms with van der Waals surface area (Å²) in [5.41, 5.74) is 8.49. The molecule has 3 rings (SSSR count). The Labute approximate surface area is 181 Å². The number of nitrogen functional groups attached to an aromatic ring is 1. The van der Waals surface area contributed by atoms with Crippen molar-refractivity contribution in [3.8, 4) is 0 Å². The molecular formula is C24H26N4O3. The SMILES string of the molecule is COC(=O)C(Cc1cccc(C(=N)N)c1)C(C)NC(=O)c1ccc(C2C=CC=N2)cc1. The first-order valence-corrected chi connectivity index (χ1v) is 10.0. The number of nitrogens with zero attached hydrogens (tertiary/aromatic N) is 1. The Morgan fingerprint density at radius 3 is 2.55 bits per heavy atom. The summed E-state index contributed by atoms with van der Waals surface area (Å²) in [7, 11) is 1.33. The van der Waals surface area contributed by atoms with Crippen LogP contribution in [-0.2, 0) is 16.0 Å². The zero-order chi connectivity index (χ0) is 22.4. The number of ether oxygens (including phenoxy) is 1. The van der Waals surface area contributed by atoms with Crippen molar-refractivity contribution < 1.29 is 14.3 Å². The minimum Gasteiger partial charge on any atom is -0.469 e. The van der Waals surface area contributed by atoms with Gasteiger partial charge in [-0.25, -0.2) is 0 Å². The third kappa shape index (κ3) is 5.45. The van der Waals surface area contributed by atoms with Crippen molar-refractivity contribution in [3.05, 3.63) is 82.9 Å². The van der Waals surface area contributed by atoms with Crippen LogP contribution in [0.25, 0.3) is 0 Å². The number of amidine groups is 1. The van der Waals surface area contributed by atoms with Gasteiger partial charge in [-0.2, -0.15) is 0 Å². The van der Waals surface area contributed by atoms with E-state index in [9.17, 15) is 9.59 Å². The van der Waals surface area contributed by atoms with Gasteiger partial charge in [-0.3, -0.25) is 20.0 Å². The Kier molecular flexibility index (Phi) is 6.97. The molecule has 7 nitrogen and oxygen atoms in total. The lowest BCUT2D eigenvalue weighted by Gasteiger charge is -2.23. The normalized spacial score (nSPS) is 16.5. The fourth-order valence-corrected chi connectivity index (χ4v) is 3.50. The molecule has 160 valence electrons. The topological polar surface area (TPSA) is 118 Å². The molecule has 1 aliphatic heterocycles. The van der Waals surface area contributed by atoms with Crippen molar-refractivity contribution in [2.24, 2.45) is 16.6 Å². The fraction of sp³-hybridized carbons (Fsp3) is 0.250. The third-order valence-electron chi connectivity index (χ3n) is 5.30. The molecule has 1 aliphatic rings. The number of nitrogens with one attached hydrogen (secondary N) is 2. The van der Waals surface area contributed by atoms with E-state index in [-0.39, 0.29) is 17.8 Å². The van der Waals surface area contributed by atoms with Gasteiger partial charge >= 0.3 is 5.97 Å². The van der Waals surface area contributed by atoms with Gasteiger partial charge in [0.2, 0.25) is 0 Å². The number of esters is 1. The first kappa shape index (κ1) is 22.0. The molecule has 2 aromatic rings. The van der Waals surface area contributed by atoms with E-state index in [0.717, 1.165) is 11.1 Å². The lowest BCUT2D eigenvalue weighted by atomic mass is 9.92. The van der Waals surface area contributed by atoms with Crippen LogP contribution in [0, 0.1) is 11.3 Å². The van der Waals surface area contributed by atoms with E-state index < -0.39 is 17.9 Å². The Morgan fingerprint density at radius 1 is 1.19 bits per heavy atom. The van der Waals surface area contributed by atoms with Crippen molar-refractivity contribution in [3.63, 3.8) is 0 Å². The maximum atomic E-state index is 12.7. The third-order valence-corrected chi connectivity index (χ3v) is 5.30. The Bertz CT molecular complexity index is 1020. The van der Waals surface area contributed by atoms with Crippen LogP contribution < -0.4 is 11.1 Å². The number of hydrogen-bond donors (Lipinski definition) is 3. The molecule has 0 aliphatic carbocycles. The smallest absolute Gasteiger partial charge is 0.311 e. The molecule has 0 saturated carbocycles. The van der Waals surface area contributed by atoms with E-state index in [0.29, 0.717) is 17.5 Å². The van der Waals surface area contributed by atoms with Crippen molar-refractivity contribution in [2.75, 3.05) is 7.11 Å². The standard InChI is InChI=1S/C24H26N4O3/c1-15(20(24(30)31-2)14-16-5-3-6-19(13-16)22(25)26)28-23(29)18-10-8-17(9-11-18)21-7-4-12-27-21/h3-13,15,20-21H,14H2,1-2H3,(H3,25,26)(H,28,29). The van der Waals surface area contributed by atoms with Crippen LogP contribution in [0.15, 0.2) is 65.7 Å². The predicted octanol–water partition coefficient (Wildman–Crippen LogP) is 2.80. The molecule has 0 radical (unpaired) electrons. The summed E-state index contributed by atoms with van der Waals surface area (Å²) >= 11 is 0. The average molecular weight is 418 g/mol. The minimum atomic E-state index is -0.589. The number of amides is 1. The highest BCUT2D eigenvalue weighted by Gasteiger charge is 2.28. The number of hydrogen-bond acceptors (Lipinski definition) is 5. The zero-order valence-corrected chi connectivity index (χ0v) is 17.5. The number of carbonyl (C=O) groups is 2. The van der Waals surface area contributed by atoms with Gasteiger partial charge in [0.05, 0.1) is 19.1 Å². The van der Waals surface area contributed by atoms with Crippen molar-refractivity contribution in [1.82, 2.24) is 5.32 Å². The molecule has 3 atom stereocenters. The Hall–Kier alpha value is -3.74. The summed E-state index contributed by atoms with van der Waals surface area (Å²) in [6.45, 7) is 1.78. The summed E-state index contributed by atoms with van der Waals surface area (Å²) in [4.78, 5) is 29.5. The van der Waals surface area contributed by atoms with E-state index in [4.69, 9.17) is 15.9 Å². The second-order valence-corrected chi connectivity index (χ2v) is 7.46. The second kappa shape index (κ2) is 9.84. The molecule has 1 heterocycles. The van der Waals surface area contributed by atoms with E-state index in [1.807, 2.05) is 30.4 Å². The van der Waals surface area contributed by atoms with Crippen LogP contribution in [0.1, 0.15) is 40.0 Å². The monoisotopic (exact) mass is 418 g/mol. The van der Waals surface area contributed by atoms with Gasteiger partial charge in [-0.05, 0) is 48.7 Å². The largest absolute Gasteiger partial charge is 0.469 e. The van der Waals surface area contributed by atoms with Gasteiger partial charge in [0.15, 0.2) is 0 Å². The average Bonchev–Trinajstić information content (AvgIpc) is 3.32. The highest BCUT2D eigenvalue weighted by molar-refractivity contribution is 5.95. The summed E-state index contributed by atoms with van der Waals surface area (Å²) in [6, 6.07) is 13.9. The van der Waals surface area contributed by atoms with Crippen LogP contribution in [0.5, 0.6) is 0 Å². The fourth-order valence-electron chi connectivity index (χ4n) is 3.50. The number of rotatable bonds is 8. The minimum absolute atomic E-state index is 0.00879. The first-order valence-electron chi connectivity index (χ1n) is 10.0. The lowest BCUT2D eigenvalue weighted by molar-refractivity contribution is -0.146. The summed E-state index contributed by atoms with van der Waals surface area (Å²) in [6.07, 6.45) is 5.98. The van der Waals surface area contributed by atoms with Gasteiger partial charge in [0.1, 0.15) is 5.84 Å². The number of nitrogens with two attached hydrogens (primary N) is 1. The molecule has 0 saturated heterocycles. The Morgan fingerprint density at radius 2 is 1.94 bits per heavy atom. The van der Waals surface area contributed by atoms with Gasteiger partial charge in [0.25, 0.3) is 5.91 Å². The molecule has 0 spiro atoms. The molecule has 2 aromatic carbocycles. The molecule has 3 unspecified atom stereocenters. The lowest BCUT2D eigenvalue weighted by Crippen LogP contribution is -2.42. The summed E-state index contributed by atoms with van der Waals surface area (Å²) < 4.78 is 4.97. The molecule has 31 heavy (non-hydrogen) atoms. The maximum Gasteiger partial charge on any atom is 0.311 e. The highest BCUT2D eigenvalue weighted by atomic mass is 16.5. The van der Waals surface area contributed by atoms with Crippen molar-refractivity contribution >= 4 is 23.9 Å². The molecule has 0 aromatic heterocycles. The molecule has 1 amide bonds. The predicted molar refractivity (Wildman–Crippen MR) is 120 cm³/mol. The van der Waals surface area contributed by atoms with Gasteiger partial charge in [0, 0.05) is 23.4 Å². The second-order valence-electron chi connectivity index (χ2n) is 7.46. The van der Waals surface area contributed by atoms with Crippen LogP contribution in [0.2, 0.25) is 0 Å². The van der Waals surface area contributed by atoms with E-state index >= 15 is 0 Å². The van der Waals surface area contributed by atoms with E-state index in [1.165, 1.54) is 7.11 Å². The molecule has 4 N–H and O–H groups in total. The first-order chi connectivity index (χ1) is 14.9. The van der Waals surface area contributed by atoms with E-state index in [2.05, 4.69) is 10.3 Å². The van der Waals surface area contributed by atoms with Gasteiger partial charge < -0.3 is 15.8 Å². The van der Waals surface area contributed by atoms with Crippen LogP contribution in [0.4, 0.5) is 0 Å². The van der Waals surface area contributed by atoms with Crippen LogP contribution in [0.3, 0.4) is 0 Å². The summed E-state index contributed by atoms with van der Waals surface area (Å²) in [5, 5.41) is 10.5. The number of aliphatic imine (C=N–C) groups is 1. The maximum absolute atomic E-state index is 12.7. The number of carbonyl (C=O) groups excluding carboxylic acids is 2. The molecule has 7 heteroatoms. The number of allylic oxidation sites excluding steroid dienone is 1. The molecular weight excluding hydrogens is 392 g/mol. The van der Waals surface area contributed by atoms with Crippen LogP contribution in [-0.4, -0.2) is 37.1 Å². The van der Waals surface area contributed by atoms with Crippen LogP contribution >= 0.6 is 0 Å². The number of benzene rings is 2. The Balaban J connectivity index is 1.70. The molecule has 0 bridgehead atoms. The highest BCUT2D eigenvalue weighted by Crippen LogP contribution is 2.22. The van der Waals surface area contributed by atoms with E-state index in [1.54, 1.807) is 43.5 Å². The zero-order valence-electron chi connectivity index (χ0n) is 17.5. The van der Waals surface area contributed by atoms with Gasteiger partial charge in [-0.1, -0.05) is 36.4 Å². The summed E-state index contributed by atoms with van der Waals surface area (Å²) in [5.74, 6) is -1.31.